The molecule has 0 fully saturated rings. The lowest BCUT2D eigenvalue weighted by Crippen LogP contribution is -2.13. The molecule has 1 rings (SSSR count). The predicted octanol–water partition coefficient (Wildman–Crippen LogP) is 0.721. The summed E-state index contributed by atoms with van der Waals surface area (Å²) >= 11 is 1.30. The molecule has 0 amide bonds. The van der Waals surface area contributed by atoms with Crippen molar-refractivity contribution in [3.8, 4) is 6.07 Å². The van der Waals surface area contributed by atoms with E-state index in [4.69, 9.17) is 10.00 Å². The standard InChI is InChI=1S/C10H13N5O2S/c1-4-17-10(16)9(7-18-14(2)3)15-6-8(5-11)12-13-15/h6-7H,4H2,1-3H3/b9-7+. The largest absolute Gasteiger partial charge is 0.461 e. The van der Waals surface area contributed by atoms with E-state index in [1.54, 1.807) is 16.6 Å². The molecular formula is C10H13N5O2S. The van der Waals surface area contributed by atoms with Crippen LogP contribution in [0.25, 0.3) is 5.70 Å². The lowest BCUT2D eigenvalue weighted by Gasteiger charge is -2.08. The van der Waals surface area contributed by atoms with Gasteiger partial charge in [0.1, 0.15) is 6.07 Å². The Balaban J connectivity index is 3.00. The van der Waals surface area contributed by atoms with Crippen molar-refractivity contribution in [2.24, 2.45) is 0 Å². The minimum atomic E-state index is -0.513. The highest BCUT2D eigenvalue weighted by molar-refractivity contribution is 8.00. The summed E-state index contributed by atoms with van der Waals surface area (Å²) in [4.78, 5) is 11.8. The van der Waals surface area contributed by atoms with E-state index < -0.39 is 5.97 Å². The maximum atomic E-state index is 11.8. The van der Waals surface area contributed by atoms with Crippen molar-refractivity contribution in [2.45, 2.75) is 6.92 Å². The second kappa shape index (κ2) is 6.78. The fourth-order valence-electron chi connectivity index (χ4n) is 0.989. The third-order valence-electron chi connectivity index (χ3n) is 1.71. The number of rotatable bonds is 5. The Morgan fingerprint density at radius 1 is 1.72 bits per heavy atom. The molecule has 0 aromatic carbocycles. The molecule has 0 saturated carbocycles. The highest BCUT2D eigenvalue weighted by Crippen LogP contribution is 2.14. The Kier molecular flexibility index (Phi) is 5.35. The second-order valence-corrected chi connectivity index (χ2v) is 4.48. The fraction of sp³-hybridized carbons (Fsp3) is 0.400. The van der Waals surface area contributed by atoms with Crippen LogP contribution in [0, 0.1) is 11.3 Å². The van der Waals surface area contributed by atoms with Crippen LogP contribution in [-0.4, -0.2) is 46.0 Å². The van der Waals surface area contributed by atoms with Gasteiger partial charge in [0.15, 0.2) is 11.4 Å². The van der Waals surface area contributed by atoms with Crippen LogP contribution in [-0.2, 0) is 9.53 Å². The van der Waals surface area contributed by atoms with E-state index in [-0.39, 0.29) is 18.0 Å². The van der Waals surface area contributed by atoms with Gasteiger partial charge in [0.05, 0.1) is 12.8 Å². The van der Waals surface area contributed by atoms with Crippen LogP contribution in [0.4, 0.5) is 0 Å². The van der Waals surface area contributed by atoms with Crippen molar-refractivity contribution < 1.29 is 9.53 Å². The normalized spacial score (nSPS) is 11.4. The van der Waals surface area contributed by atoms with Crippen LogP contribution in [0.3, 0.4) is 0 Å². The zero-order valence-electron chi connectivity index (χ0n) is 10.3. The molecule has 0 unspecified atom stereocenters. The van der Waals surface area contributed by atoms with E-state index in [1.165, 1.54) is 22.8 Å². The van der Waals surface area contributed by atoms with Gasteiger partial charge in [-0.2, -0.15) is 5.26 Å². The average molecular weight is 267 g/mol. The lowest BCUT2D eigenvalue weighted by molar-refractivity contribution is -0.136. The second-order valence-electron chi connectivity index (χ2n) is 3.30. The maximum Gasteiger partial charge on any atom is 0.357 e. The van der Waals surface area contributed by atoms with Crippen molar-refractivity contribution in [3.63, 3.8) is 0 Å². The Hall–Kier alpha value is -1.85. The first-order valence-corrected chi connectivity index (χ1v) is 5.96. The van der Waals surface area contributed by atoms with Crippen molar-refractivity contribution in [1.82, 2.24) is 19.3 Å². The summed E-state index contributed by atoms with van der Waals surface area (Å²) in [6.07, 6.45) is 1.37. The summed E-state index contributed by atoms with van der Waals surface area (Å²) in [5.74, 6) is -0.513. The molecule has 1 aromatic rings. The fourth-order valence-corrected chi connectivity index (χ4v) is 1.50. The van der Waals surface area contributed by atoms with E-state index >= 15 is 0 Å². The van der Waals surface area contributed by atoms with E-state index in [0.717, 1.165) is 0 Å². The highest BCUT2D eigenvalue weighted by atomic mass is 32.2. The summed E-state index contributed by atoms with van der Waals surface area (Å²) < 4.78 is 7.96. The molecule has 1 heterocycles. The van der Waals surface area contributed by atoms with E-state index in [0.29, 0.717) is 0 Å². The zero-order valence-corrected chi connectivity index (χ0v) is 11.1. The first kappa shape index (κ1) is 14.2. The number of nitrogens with zero attached hydrogens (tertiary/aromatic N) is 5. The number of ether oxygens (including phenoxy) is 1. The quantitative estimate of drug-likeness (QED) is 0.441. The first-order chi connectivity index (χ1) is 8.58. The summed E-state index contributed by atoms with van der Waals surface area (Å²) in [5.41, 5.74) is 0.351. The molecule has 0 aliphatic heterocycles. The zero-order chi connectivity index (χ0) is 13.5. The smallest absolute Gasteiger partial charge is 0.357 e. The molecule has 0 atom stereocenters. The van der Waals surface area contributed by atoms with E-state index in [2.05, 4.69) is 10.3 Å². The highest BCUT2D eigenvalue weighted by Gasteiger charge is 2.15. The third-order valence-corrected chi connectivity index (χ3v) is 2.46. The molecule has 0 aliphatic carbocycles. The van der Waals surface area contributed by atoms with Crippen molar-refractivity contribution in [1.29, 1.82) is 5.26 Å². The van der Waals surface area contributed by atoms with Crippen molar-refractivity contribution in [2.75, 3.05) is 20.7 Å². The number of carbonyl (C=O) groups excluding carboxylic acids is 1. The first-order valence-electron chi connectivity index (χ1n) is 5.12. The van der Waals surface area contributed by atoms with Crippen molar-refractivity contribution in [3.05, 3.63) is 17.3 Å². The summed E-state index contributed by atoms with van der Waals surface area (Å²) in [7, 11) is 3.68. The van der Waals surface area contributed by atoms with Gasteiger partial charge in [-0.15, -0.1) is 5.10 Å². The molecule has 18 heavy (non-hydrogen) atoms. The van der Waals surface area contributed by atoms with Gasteiger partial charge in [-0.25, -0.2) is 9.48 Å². The van der Waals surface area contributed by atoms with Gasteiger partial charge >= 0.3 is 5.97 Å². The molecule has 1 aromatic heterocycles. The van der Waals surface area contributed by atoms with Gasteiger partial charge in [0.25, 0.3) is 0 Å². The van der Waals surface area contributed by atoms with Gasteiger partial charge in [-0.3, -0.25) is 4.31 Å². The van der Waals surface area contributed by atoms with Gasteiger partial charge in [0, 0.05) is 5.41 Å². The molecule has 96 valence electrons. The number of carbonyl (C=O) groups is 1. The molecule has 8 heteroatoms. The molecule has 0 spiro atoms. The summed E-state index contributed by atoms with van der Waals surface area (Å²) in [6.45, 7) is 1.99. The molecular weight excluding hydrogens is 254 g/mol. The molecule has 7 nitrogen and oxygen atoms in total. The van der Waals surface area contributed by atoms with Crippen LogP contribution in [0.5, 0.6) is 0 Å². The van der Waals surface area contributed by atoms with Gasteiger partial charge in [-0.05, 0) is 33.0 Å². The topological polar surface area (TPSA) is 84.0 Å². The van der Waals surface area contributed by atoms with E-state index in [1.807, 2.05) is 20.2 Å². The number of hydrogen-bond donors (Lipinski definition) is 0. The number of hydrogen-bond acceptors (Lipinski definition) is 7. The molecule has 0 radical (unpaired) electrons. The van der Waals surface area contributed by atoms with Crippen LogP contribution in [0.15, 0.2) is 11.6 Å². The third kappa shape index (κ3) is 3.87. The lowest BCUT2D eigenvalue weighted by atomic mass is 10.5. The minimum Gasteiger partial charge on any atom is -0.461 e. The Labute approximate surface area is 109 Å². The Morgan fingerprint density at radius 3 is 2.94 bits per heavy atom. The average Bonchev–Trinajstić information content (AvgIpc) is 2.78. The minimum absolute atomic E-state index is 0.139. The van der Waals surface area contributed by atoms with Gasteiger partial charge in [-0.1, -0.05) is 5.21 Å². The van der Waals surface area contributed by atoms with Crippen molar-refractivity contribution >= 4 is 23.6 Å². The number of aromatic nitrogens is 3. The van der Waals surface area contributed by atoms with E-state index in [9.17, 15) is 4.79 Å². The van der Waals surface area contributed by atoms with Crippen LogP contribution in [0.1, 0.15) is 12.6 Å². The van der Waals surface area contributed by atoms with Gasteiger partial charge < -0.3 is 4.74 Å². The summed E-state index contributed by atoms with van der Waals surface area (Å²) in [5, 5.41) is 17.6. The Bertz CT molecular complexity index is 489. The predicted molar refractivity (Wildman–Crippen MR) is 66.9 cm³/mol. The Morgan fingerprint density at radius 2 is 2.44 bits per heavy atom. The molecule has 0 aliphatic rings. The van der Waals surface area contributed by atoms with Crippen LogP contribution < -0.4 is 0 Å². The summed E-state index contributed by atoms with van der Waals surface area (Å²) in [6, 6.07) is 1.85. The SMILES string of the molecule is CCOC(=O)/C(=C\SN(C)C)n1cc(C#N)nn1. The van der Waals surface area contributed by atoms with Crippen LogP contribution in [0.2, 0.25) is 0 Å². The number of nitriles is 1. The van der Waals surface area contributed by atoms with Gasteiger partial charge in [0.2, 0.25) is 0 Å². The van der Waals surface area contributed by atoms with Crippen LogP contribution >= 0.6 is 11.9 Å². The number of esters is 1. The monoisotopic (exact) mass is 267 g/mol. The molecule has 0 bridgehead atoms. The molecule has 0 saturated heterocycles. The molecule has 0 N–H and O–H groups in total. The maximum absolute atomic E-state index is 11.8.